The van der Waals surface area contributed by atoms with E-state index < -0.39 is 0 Å². The van der Waals surface area contributed by atoms with Gasteiger partial charge in [0.1, 0.15) is 0 Å². The third-order valence-electron chi connectivity index (χ3n) is 4.74. The van der Waals surface area contributed by atoms with E-state index in [1.54, 1.807) is 11.8 Å². The Balaban J connectivity index is 1.80. The van der Waals surface area contributed by atoms with Crippen molar-refractivity contribution in [2.75, 3.05) is 38.2 Å². The van der Waals surface area contributed by atoms with E-state index in [0.29, 0.717) is 5.92 Å². The van der Waals surface area contributed by atoms with Crippen LogP contribution in [0.2, 0.25) is 0 Å². The Bertz CT molecular complexity index is 497. The molecule has 0 bridgehead atoms. The monoisotopic (exact) mass is 349 g/mol. The maximum atomic E-state index is 12.5. The second-order valence-corrected chi connectivity index (χ2v) is 7.63. The number of hydrogen-bond acceptors (Lipinski definition) is 4. The second kappa shape index (κ2) is 10.1. The smallest absolute Gasteiger partial charge is 0.239 e. The van der Waals surface area contributed by atoms with Crippen LogP contribution < -0.4 is 5.73 Å². The molecular weight excluding hydrogens is 318 g/mol. The average molecular weight is 350 g/mol. The summed E-state index contributed by atoms with van der Waals surface area (Å²) in [5.41, 5.74) is 7.43. The largest absolute Gasteiger partial charge is 0.341 e. The van der Waals surface area contributed by atoms with Crippen molar-refractivity contribution in [3.63, 3.8) is 0 Å². The number of rotatable bonds is 9. The van der Waals surface area contributed by atoms with E-state index in [-0.39, 0.29) is 11.9 Å². The summed E-state index contributed by atoms with van der Waals surface area (Å²) in [6.45, 7) is 6.83. The molecule has 1 aromatic rings. The van der Waals surface area contributed by atoms with Crippen LogP contribution in [-0.2, 0) is 11.3 Å². The first-order valence-corrected chi connectivity index (χ1v) is 10.3. The Morgan fingerprint density at radius 3 is 2.83 bits per heavy atom. The number of hydrogen-bond donors (Lipinski definition) is 1. The molecule has 2 rings (SSSR count). The molecule has 1 unspecified atom stereocenters. The van der Waals surface area contributed by atoms with Gasteiger partial charge in [0.05, 0.1) is 6.04 Å². The quantitative estimate of drug-likeness (QED) is 0.744. The van der Waals surface area contributed by atoms with Crippen LogP contribution in [0, 0.1) is 5.92 Å². The third kappa shape index (κ3) is 5.80. The van der Waals surface area contributed by atoms with Crippen LogP contribution in [0.25, 0.3) is 0 Å². The molecule has 134 valence electrons. The summed E-state index contributed by atoms with van der Waals surface area (Å²) in [7, 11) is 0. The van der Waals surface area contributed by atoms with Gasteiger partial charge >= 0.3 is 0 Å². The molecule has 0 aromatic heterocycles. The van der Waals surface area contributed by atoms with Crippen molar-refractivity contribution in [3.8, 4) is 0 Å². The van der Waals surface area contributed by atoms with Gasteiger partial charge in [-0.15, -0.1) is 0 Å². The van der Waals surface area contributed by atoms with E-state index in [1.165, 1.54) is 5.56 Å². The summed E-state index contributed by atoms with van der Waals surface area (Å²) < 4.78 is 0. The molecule has 1 saturated heterocycles. The molecule has 1 aliphatic heterocycles. The Kier molecular flexibility index (Phi) is 8.09. The number of nitrogens with two attached hydrogens (primary N) is 1. The van der Waals surface area contributed by atoms with Gasteiger partial charge < -0.3 is 10.6 Å². The lowest BCUT2D eigenvalue weighted by atomic mass is 10.1. The molecular formula is C19H31N3OS. The van der Waals surface area contributed by atoms with Crippen molar-refractivity contribution >= 4 is 17.7 Å². The van der Waals surface area contributed by atoms with Gasteiger partial charge in [0.2, 0.25) is 5.91 Å². The minimum absolute atomic E-state index is 0.119. The van der Waals surface area contributed by atoms with Crippen LogP contribution in [0.1, 0.15) is 25.3 Å². The highest BCUT2D eigenvalue weighted by Crippen LogP contribution is 2.20. The maximum Gasteiger partial charge on any atom is 0.239 e. The lowest BCUT2D eigenvalue weighted by Crippen LogP contribution is -2.46. The van der Waals surface area contributed by atoms with Crippen molar-refractivity contribution in [2.24, 2.45) is 11.7 Å². The Morgan fingerprint density at radius 2 is 2.17 bits per heavy atom. The number of likely N-dealkylation sites (tertiary alicyclic amines) is 1. The molecule has 0 aliphatic carbocycles. The topological polar surface area (TPSA) is 49.6 Å². The molecule has 4 nitrogen and oxygen atoms in total. The van der Waals surface area contributed by atoms with Gasteiger partial charge in [-0.2, -0.15) is 11.8 Å². The van der Waals surface area contributed by atoms with Gasteiger partial charge in [-0.3, -0.25) is 9.69 Å². The van der Waals surface area contributed by atoms with Crippen LogP contribution in [-0.4, -0.2) is 59.9 Å². The number of thioether (sulfide) groups is 1. The molecule has 1 fully saturated rings. The summed E-state index contributed by atoms with van der Waals surface area (Å²) in [5.74, 6) is 1.62. The number of carbonyl (C=O) groups is 1. The first-order valence-electron chi connectivity index (χ1n) is 8.93. The zero-order valence-electron chi connectivity index (χ0n) is 15.0. The lowest BCUT2D eigenvalue weighted by molar-refractivity contribution is -0.133. The summed E-state index contributed by atoms with van der Waals surface area (Å²) in [4.78, 5) is 17.0. The molecule has 1 aromatic carbocycles. The van der Waals surface area contributed by atoms with E-state index in [4.69, 9.17) is 5.73 Å². The van der Waals surface area contributed by atoms with Crippen molar-refractivity contribution < 1.29 is 4.79 Å². The van der Waals surface area contributed by atoms with Crippen LogP contribution in [0.3, 0.4) is 0 Å². The lowest BCUT2D eigenvalue weighted by Gasteiger charge is -2.27. The van der Waals surface area contributed by atoms with Crippen LogP contribution in [0.15, 0.2) is 30.3 Å². The molecule has 1 heterocycles. The average Bonchev–Trinajstić information content (AvgIpc) is 3.04. The van der Waals surface area contributed by atoms with Gasteiger partial charge in [-0.1, -0.05) is 30.3 Å². The minimum atomic E-state index is -0.348. The summed E-state index contributed by atoms with van der Waals surface area (Å²) in [5, 5.41) is 0. The van der Waals surface area contributed by atoms with Crippen molar-refractivity contribution in [3.05, 3.63) is 35.9 Å². The molecule has 1 amide bonds. The normalized spacial score (nSPS) is 19.4. The molecule has 0 saturated carbocycles. The van der Waals surface area contributed by atoms with Crippen LogP contribution in [0.4, 0.5) is 0 Å². The SMILES string of the molecule is CCN(CC1CCN(Cc2ccccc2)C1)C(=O)[C@@H](N)CCSC. The van der Waals surface area contributed by atoms with Crippen molar-refractivity contribution in [2.45, 2.75) is 32.4 Å². The third-order valence-corrected chi connectivity index (χ3v) is 5.39. The predicted octanol–water partition coefficient (Wildman–Crippen LogP) is 2.44. The van der Waals surface area contributed by atoms with Crippen LogP contribution in [0.5, 0.6) is 0 Å². The molecule has 0 spiro atoms. The molecule has 2 N–H and O–H groups in total. The van der Waals surface area contributed by atoms with Crippen molar-refractivity contribution in [1.82, 2.24) is 9.80 Å². The van der Waals surface area contributed by atoms with E-state index in [1.807, 2.05) is 4.90 Å². The molecule has 24 heavy (non-hydrogen) atoms. The zero-order chi connectivity index (χ0) is 17.4. The van der Waals surface area contributed by atoms with Gasteiger partial charge in [0, 0.05) is 26.2 Å². The number of likely N-dealkylation sites (N-methyl/N-ethyl adjacent to an activating group) is 1. The standard InChI is InChI=1S/C19H31N3OS/c1-3-22(19(23)18(20)10-12-24-2)15-17-9-11-21(14-17)13-16-7-5-4-6-8-16/h4-8,17-18H,3,9-15,20H2,1-2H3/t17?,18-/m0/s1. The number of nitrogens with zero attached hydrogens (tertiary/aromatic N) is 2. The second-order valence-electron chi connectivity index (χ2n) is 6.64. The first kappa shape index (κ1) is 19.3. The number of carbonyl (C=O) groups excluding carboxylic acids is 1. The highest BCUT2D eigenvalue weighted by molar-refractivity contribution is 7.98. The molecule has 0 radical (unpaired) electrons. The summed E-state index contributed by atoms with van der Waals surface area (Å²) >= 11 is 1.74. The van der Waals surface area contributed by atoms with E-state index in [2.05, 4.69) is 48.4 Å². The highest BCUT2D eigenvalue weighted by atomic mass is 32.2. The summed E-state index contributed by atoms with van der Waals surface area (Å²) in [6, 6.07) is 10.3. The zero-order valence-corrected chi connectivity index (χ0v) is 15.8. The van der Waals surface area contributed by atoms with Crippen LogP contribution >= 0.6 is 11.8 Å². The van der Waals surface area contributed by atoms with E-state index >= 15 is 0 Å². The maximum absolute atomic E-state index is 12.5. The fourth-order valence-corrected chi connectivity index (χ4v) is 3.83. The molecule has 2 atom stereocenters. The van der Waals surface area contributed by atoms with Gasteiger partial charge in [-0.05, 0) is 49.8 Å². The predicted molar refractivity (Wildman–Crippen MR) is 103 cm³/mol. The Hall–Kier alpha value is -1.04. The summed E-state index contributed by atoms with van der Waals surface area (Å²) in [6.07, 6.45) is 3.98. The van der Waals surface area contributed by atoms with E-state index in [0.717, 1.165) is 51.3 Å². The van der Waals surface area contributed by atoms with Gasteiger partial charge in [0.15, 0.2) is 0 Å². The number of benzene rings is 1. The highest BCUT2D eigenvalue weighted by Gasteiger charge is 2.27. The Labute approximate surface area is 150 Å². The fraction of sp³-hybridized carbons (Fsp3) is 0.632. The molecule has 5 heteroatoms. The number of amides is 1. The first-order chi connectivity index (χ1) is 11.6. The Morgan fingerprint density at radius 1 is 1.42 bits per heavy atom. The minimum Gasteiger partial charge on any atom is -0.341 e. The molecule has 1 aliphatic rings. The van der Waals surface area contributed by atoms with Gasteiger partial charge in [-0.25, -0.2) is 0 Å². The fourth-order valence-electron chi connectivity index (χ4n) is 3.34. The van der Waals surface area contributed by atoms with Crippen molar-refractivity contribution in [1.29, 1.82) is 0 Å². The van der Waals surface area contributed by atoms with E-state index in [9.17, 15) is 4.79 Å². The van der Waals surface area contributed by atoms with Gasteiger partial charge in [0.25, 0.3) is 0 Å².